The van der Waals surface area contributed by atoms with Crippen LogP contribution in [0.25, 0.3) is 16.8 Å². The SMILES string of the molecule is CCC1C(=O)N(C)c2cnc(-n3ccnc3-c3nccs3)nc2N1C1CCC1. The summed E-state index contributed by atoms with van der Waals surface area (Å²) in [5.41, 5.74) is 0.765. The van der Waals surface area contributed by atoms with Crippen molar-refractivity contribution in [3.63, 3.8) is 0 Å². The van der Waals surface area contributed by atoms with E-state index in [4.69, 9.17) is 4.98 Å². The van der Waals surface area contributed by atoms with E-state index >= 15 is 0 Å². The zero-order chi connectivity index (χ0) is 19.3. The lowest BCUT2D eigenvalue weighted by Gasteiger charge is -2.47. The van der Waals surface area contributed by atoms with Crippen LogP contribution in [0.1, 0.15) is 32.6 Å². The maximum atomic E-state index is 12.9. The Kier molecular flexibility index (Phi) is 4.12. The Hall–Kier alpha value is -2.81. The number of fused-ring (bicyclic) bond motifs is 1. The molecule has 0 saturated heterocycles. The first-order valence-corrected chi connectivity index (χ1v) is 10.4. The predicted molar refractivity (Wildman–Crippen MR) is 108 cm³/mol. The molecule has 2 aliphatic rings. The molecule has 1 fully saturated rings. The van der Waals surface area contributed by atoms with E-state index in [1.807, 2.05) is 23.2 Å². The van der Waals surface area contributed by atoms with Crippen molar-refractivity contribution in [2.24, 2.45) is 0 Å². The van der Waals surface area contributed by atoms with Gasteiger partial charge in [-0.25, -0.2) is 15.0 Å². The standard InChI is InChI=1S/C19H21N7OS/c1-3-13-18(27)24(2)14-11-22-19(23-15(14)26(13)12-5-4-6-12)25-9-7-20-16(25)17-21-8-10-28-17/h7-13H,3-6H2,1-2H3. The minimum Gasteiger partial charge on any atom is -0.340 e. The normalized spacial score (nSPS) is 19.6. The largest absolute Gasteiger partial charge is 0.340 e. The average molecular weight is 395 g/mol. The van der Waals surface area contributed by atoms with Crippen LogP contribution in [0.2, 0.25) is 0 Å². The molecule has 0 aromatic carbocycles. The lowest BCUT2D eigenvalue weighted by atomic mass is 9.88. The Morgan fingerprint density at radius 2 is 2.07 bits per heavy atom. The van der Waals surface area contributed by atoms with Crippen molar-refractivity contribution in [1.82, 2.24) is 24.5 Å². The van der Waals surface area contributed by atoms with Gasteiger partial charge in [0.15, 0.2) is 16.6 Å². The summed E-state index contributed by atoms with van der Waals surface area (Å²) in [6.07, 6.45) is 11.2. The molecule has 1 amide bonds. The molecule has 1 saturated carbocycles. The molecular formula is C19H21N7OS. The third kappa shape index (κ3) is 2.53. The van der Waals surface area contributed by atoms with Gasteiger partial charge in [0.2, 0.25) is 11.9 Å². The monoisotopic (exact) mass is 395 g/mol. The third-order valence-electron chi connectivity index (χ3n) is 5.63. The van der Waals surface area contributed by atoms with Crippen molar-refractivity contribution in [1.29, 1.82) is 0 Å². The number of carbonyl (C=O) groups is 1. The number of carbonyl (C=O) groups excluding carboxylic acids is 1. The van der Waals surface area contributed by atoms with E-state index in [0.29, 0.717) is 12.0 Å². The van der Waals surface area contributed by atoms with Crippen molar-refractivity contribution < 1.29 is 4.79 Å². The van der Waals surface area contributed by atoms with Crippen LogP contribution in [0.4, 0.5) is 11.5 Å². The maximum absolute atomic E-state index is 12.9. The minimum absolute atomic E-state index is 0.115. The van der Waals surface area contributed by atoms with Gasteiger partial charge in [0.05, 0.1) is 6.20 Å². The lowest BCUT2D eigenvalue weighted by Crippen LogP contribution is -2.57. The van der Waals surface area contributed by atoms with Gasteiger partial charge in [0.25, 0.3) is 0 Å². The molecule has 144 valence electrons. The smallest absolute Gasteiger partial charge is 0.249 e. The van der Waals surface area contributed by atoms with Gasteiger partial charge >= 0.3 is 0 Å². The van der Waals surface area contributed by atoms with Gasteiger partial charge in [-0.1, -0.05) is 6.92 Å². The van der Waals surface area contributed by atoms with Gasteiger partial charge in [-0.2, -0.15) is 4.98 Å². The highest BCUT2D eigenvalue weighted by atomic mass is 32.1. The molecule has 0 N–H and O–H groups in total. The number of likely N-dealkylation sites (N-methyl/N-ethyl adjacent to an activating group) is 1. The summed E-state index contributed by atoms with van der Waals surface area (Å²) in [4.78, 5) is 35.1. The molecule has 1 atom stereocenters. The lowest BCUT2D eigenvalue weighted by molar-refractivity contribution is -0.120. The highest BCUT2D eigenvalue weighted by Crippen LogP contribution is 2.40. The van der Waals surface area contributed by atoms with Crippen molar-refractivity contribution in [3.05, 3.63) is 30.2 Å². The molecule has 0 bridgehead atoms. The summed E-state index contributed by atoms with van der Waals surface area (Å²) in [7, 11) is 1.81. The van der Waals surface area contributed by atoms with Crippen LogP contribution in [-0.2, 0) is 4.79 Å². The summed E-state index contributed by atoms with van der Waals surface area (Å²) in [5, 5.41) is 2.74. The topological polar surface area (TPSA) is 80.0 Å². The highest BCUT2D eigenvalue weighted by Gasteiger charge is 2.42. The summed E-state index contributed by atoms with van der Waals surface area (Å²) in [6.45, 7) is 2.06. The first-order chi connectivity index (χ1) is 13.7. The second-order valence-electron chi connectivity index (χ2n) is 7.15. The van der Waals surface area contributed by atoms with Crippen LogP contribution in [0, 0.1) is 0 Å². The summed E-state index contributed by atoms with van der Waals surface area (Å²) >= 11 is 1.53. The van der Waals surface area contributed by atoms with Crippen LogP contribution < -0.4 is 9.80 Å². The van der Waals surface area contributed by atoms with E-state index in [0.717, 1.165) is 41.6 Å². The Balaban J connectivity index is 1.63. The highest BCUT2D eigenvalue weighted by molar-refractivity contribution is 7.13. The average Bonchev–Trinajstić information content (AvgIpc) is 3.35. The van der Waals surface area contributed by atoms with E-state index in [2.05, 4.69) is 26.8 Å². The van der Waals surface area contributed by atoms with Gasteiger partial charge in [-0.15, -0.1) is 11.3 Å². The summed E-state index contributed by atoms with van der Waals surface area (Å²) in [5.74, 6) is 2.22. The molecule has 8 nitrogen and oxygen atoms in total. The minimum atomic E-state index is -0.174. The van der Waals surface area contributed by atoms with E-state index < -0.39 is 0 Å². The van der Waals surface area contributed by atoms with Crippen LogP contribution >= 0.6 is 11.3 Å². The quantitative estimate of drug-likeness (QED) is 0.676. The molecule has 1 aliphatic carbocycles. The van der Waals surface area contributed by atoms with Crippen molar-refractivity contribution in [2.45, 2.75) is 44.7 Å². The number of hydrogen-bond acceptors (Lipinski definition) is 7. The van der Waals surface area contributed by atoms with E-state index in [9.17, 15) is 4.79 Å². The van der Waals surface area contributed by atoms with Gasteiger partial charge in [0.1, 0.15) is 11.7 Å². The zero-order valence-corrected chi connectivity index (χ0v) is 16.6. The predicted octanol–water partition coefficient (Wildman–Crippen LogP) is 2.90. The fourth-order valence-electron chi connectivity index (χ4n) is 3.93. The van der Waals surface area contributed by atoms with E-state index in [-0.39, 0.29) is 11.9 Å². The second kappa shape index (κ2) is 6.66. The van der Waals surface area contributed by atoms with Crippen LogP contribution in [0.5, 0.6) is 0 Å². The van der Waals surface area contributed by atoms with Gasteiger partial charge < -0.3 is 9.80 Å². The molecule has 1 aliphatic heterocycles. The van der Waals surface area contributed by atoms with Crippen LogP contribution in [0.3, 0.4) is 0 Å². The summed E-state index contributed by atoms with van der Waals surface area (Å²) in [6, 6.07) is 0.192. The Bertz CT molecular complexity index is 1010. The van der Waals surface area contributed by atoms with Gasteiger partial charge in [-0.3, -0.25) is 9.36 Å². The van der Waals surface area contributed by atoms with Crippen molar-refractivity contribution >= 4 is 28.7 Å². The number of anilines is 2. The number of nitrogens with zero attached hydrogens (tertiary/aromatic N) is 7. The Morgan fingerprint density at radius 3 is 2.75 bits per heavy atom. The molecule has 4 heterocycles. The number of imidazole rings is 1. The number of hydrogen-bond donors (Lipinski definition) is 0. The van der Waals surface area contributed by atoms with Crippen molar-refractivity contribution in [2.75, 3.05) is 16.8 Å². The molecule has 0 radical (unpaired) electrons. The third-order valence-corrected chi connectivity index (χ3v) is 6.40. The molecular weight excluding hydrogens is 374 g/mol. The fourth-order valence-corrected chi connectivity index (χ4v) is 4.56. The molecule has 3 aromatic rings. The molecule has 0 spiro atoms. The van der Waals surface area contributed by atoms with E-state index in [1.165, 1.54) is 17.8 Å². The molecule has 3 aromatic heterocycles. The number of rotatable bonds is 4. The molecule has 1 unspecified atom stereocenters. The van der Waals surface area contributed by atoms with Gasteiger partial charge in [-0.05, 0) is 25.7 Å². The first-order valence-electron chi connectivity index (χ1n) is 9.55. The molecule has 9 heteroatoms. The van der Waals surface area contributed by atoms with Gasteiger partial charge in [0, 0.05) is 37.1 Å². The van der Waals surface area contributed by atoms with Crippen LogP contribution in [-0.4, -0.2) is 49.5 Å². The number of amides is 1. The summed E-state index contributed by atoms with van der Waals surface area (Å²) < 4.78 is 1.86. The number of aromatic nitrogens is 5. The first kappa shape index (κ1) is 17.3. The second-order valence-corrected chi connectivity index (χ2v) is 8.04. The fraction of sp³-hybridized carbons (Fsp3) is 0.421. The van der Waals surface area contributed by atoms with Crippen molar-refractivity contribution in [3.8, 4) is 16.8 Å². The molecule has 28 heavy (non-hydrogen) atoms. The Labute approximate surface area is 166 Å². The Morgan fingerprint density at radius 1 is 1.21 bits per heavy atom. The zero-order valence-electron chi connectivity index (χ0n) is 15.8. The van der Waals surface area contributed by atoms with E-state index in [1.54, 1.807) is 23.5 Å². The van der Waals surface area contributed by atoms with Crippen LogP contribution in [0.15, 0.2) is 30.2 Å². The maximum Gasteiger partial charge on any atom is 0.249 e. The molecule has 5 rings (SSSR count). The number of thiazole rings is 1.